The Bertz CT molecular complexity index is 1490. The fourth-order valence-electron chi connectivity index (χ4n) is 8.23. The van der Waals surface area contributed by atoms with Gasteiger partial charge in [0.2, 0.25) is 11.8 Å². The molecular formula is C29H38ClN7O5. The van der Waals surface area contributed by atoms with Crippen LogP contribution < -0.4 is 21.2 Å². The third-order valence-corrected chi connectivity index (χ3v) is 10.7. The molecule has 1 aromatic heterocycles. The number of anilines is 1. The minimum absolute atomic E-state index is 0.102. The molecule has 1 aliphatic carbocycles. The van der Waals surface area contributed by atoms with Crippen molar-refractivity contribution in [1.82, 2.24) is 29.6 Å². The zero-order valence-corrected chi connectivity index (χ0v) is 24.6. The van der Waals surface area contributed by atoms with Gasteiger partial charge in [0, 0.05) is 70.4 Å². The number of carbonyl (C=O) groups excluding carboxylic acids is 2. The van der Waals surface area contributed by atoms with Crippen molar-refractivity contribution in [3.8, 4) is 0 Å². The van der Waals surface area contributed by atoms with Crippen molar-refractivity contribution in [2.24, 2.45) is 13.0 Å². The summed E-state index contributed by atoms with van der Waals surface area (Å²) in [5.74, 6) is -0.155. The summed E-state index contributed by atoms with van der Waals surface area (Å²) in [6.07, 6.45) is 4.71. The van der Waals surface area contributed by atoms with E-state index >= 15 is 0 Å². The maximum Gasteiger partial charge on any atom is 0.404 e. The first-order valence-electron chi connectivity index (χ1n) is 15.1. The maximum atomic E-state index is 13.4. The van der Waals surface area contributed by atoms with E-state index in [4.69, 9.17) is 16.7 Å². The number of aromatic nitrogens is 2. The van der Waals surface area contributed by atoms with Crippen molar-refractivity contribution < 1.29 is 19.5 Å². The van der Waals surface area contributed by atoms with Gasteiger partial charge in [-0.1, -0.05) is 11.6 Å². The van der Waals surface area contributed by atoms with Crippen LogP contribution in [0.5, 0.6) is 0 Å². The SMILES string of the molecule is Cn1c(=O)n(C2CCC(=O)NC2=O)c2ccc(Cl)c(N3CCC(CN4C[C@@H]5C[C@H]4CN5C4CC(NC(=O)O)C4)CC3)c21. The highest BCUT2D eigenvalue weighted by Crippen LogP contribution is 2.40. The first-order valence-corrected chi connectivity index (χ1v) is 15.5. The fourth-order valence-corrected chi connectivity index (χ4v) is 8.51. The molecule has 12 nitrogen and oxygen atoms in total. The average Bonchev–Trinajstić information content (AvgIpc) is 3.59. The molecule has 13 heteroatoms. The highest BCUT2D eigenvalue weighted by molar-refractivity contribution is 6.34. The molecule has 5 aliphatic rings. The Morgan fingerprint density at radius 3 is 2.48 bits per heavy atom. The van der Waals surface area contributed by atoms with E-state index in [-0.39, 0.29) is 24.1 Å². The third-order valence-electron chi connectivity index (χ3n) is 10.4. The maximum absolute atomic E-state index is 13.4. The van der Waals surface area contributed by atoms with Crippen molar-refractivity contribution in [3.05, 3.63) is 27.6 Å². The quantitative estimate of drug-likeness (QED) is 0.428. The first-order chi connectivity index (χ1) is 20.2. The number of nitrogens with one attached hydrogen (secondary N) is 2. The first kappa shape index (κ1) is 27.7. The molecule has 226 valence electrons. The molecular weight excluding hydrogens is 562 g/mol. The van der Waals surface area contributed by atoms with E-state index < -0.39 is 18.0 Å². The molecule has 3 atom stereocenters. The standard InChI is InChI=1S/C29H38ClN7O5/c1-33-26-22(37(29(33)42)23-4-5-24(38)32-27(23)39)3-2-21(30)25(26)34-8-6-16(7-9-34)13-35-14-20-12-19(35)15-36(20)18-10-17(11-18)31-28(40)41/h2-3,16-20,23,31H,4-15H2,1H3,(H,40,41)(H,32,38,39)/t17?,18?,19-,20-,23?/m0/s1. The lowest BCUT2D eigenvalue weighted by atomic mass is 9.85. The van der Waals surface area contributed by atoms with E-state index in [9.17, 15) is 19.2 Å². The Morgan fingerprint density at radius 2 is 1.81 bits per heavy atom. The number of imide groups is 1. The van der Waals surface area contributed by atoms with Crippen LogP contribution in [0, 0.1) is 5.92 Å². The number of imidazole rings is 1. The summed E-state index contributed by atoms with van der Waals surface area (Å²) < 4.78 is 3.10. The lowest BCUT2D eigenvalue weighted by Gasteiger charge is -2.46. The van der Waals surface area contributed by atoms with E-state index in [1.807, 2.05) is 6.07 Å². The number of benzene rings is 1. The molecule has 0 radical (unpaired) electrons. The van der Waals surface area contributed by atoms with E-state index in [0.29, 0.717) is 41.0 Å². The largest absolute Gasteiger partial charge is 0.465 e. The van der Waals surface area contributed by atoms with Crippen LogP contribution in [0.3, 0.4) is 0 Å². The summed E-state index contributed by atoms with van der Waals surface area (Å²) >= 11 is 6.77. The molecule has 3 N–H and O–H groups in total. The Morgan fingerprint density at radius 1 is 1.05 bits per heavy atom. The highest BCUT2D eigenvalue weighted by atomic mass is 35.5. The number of hydrogen-bond donors (Lipinski definition) is 3. The van der Waals surface area contributed by atoms with Gasteiger partial charge >= 0.3 is 11.8 Å². The van der Waals surface area contributed by atoms with Crippen molar-refractivity contribution in [2.45, 2.75) is 75.2 Å². The average molecular weight is 600 g/mol. The number of piperazine rings is 1. The van der Waals surface area contributed by atoms with Crippen LogP contribution in [-0.4, -0.2) is 98.8 Å². The minimum atomic E-state index is -0.924. The highest BCUT2D eigenvalue weighted by Gasteiger charge is 2.49. The van der Waals surface area contributed by atoms with Gasteiger partial charge < -0.3 is 15.3 Å². The molecule has 42 heavy (non-hydrogen) atoms. The van der Waals surface area contributed by atoms with Gasteiger partial charge in [0.15, 0.2) is 0 Å². The molecule has 4 saturated heterocycles. The van der Waals surface area contributed by atoms with E-state index in [1.54, 1.807) is 17.7 Å². The second kappa shape index (κ2) is 10.6. The molecule has 0 spiro atoms. The van der Waals surface area contributed by atoms with Crippen LogP contribution in [0.4, 0.5) is 10.5 Å². The fraction of sp³-hybridized carbons (Fsp3) is 0.655. The summed E-state index contributed by atoms with van der Waals surface area (Å²) in [7, 11) is 1.72. The number of amides is 3. The molecule has 4 aliphatic heterocycles. The summed E-state index contributed by atoms with van der Waals surface area (Å²) in [5.41, 5.74) is 1.94. The molecule has 2 bridgehead atoms. The number of fused-ring (bicyclic) bond motifs is 3. The summed E-state index contributed by atoms with van der Waals surface area (Å²) in [4.78, 5) is 56.2. The van der Waals surface area contributed by atoms with Gasteiger partial charge in [-0.2, -0.15) is 0 Å². The number of carboxylic acid groups (broad SMARTS) is 1. The molecule has 5 fully saturated rings. The number of hydrogen-bond acceptors (Lipinski definition) is 7. The van der Waals surface area contributed by atoms with Crippen molar-refractivity contribution in [2.75, 3.05) is 37.6 Å². The predicted molar refractivity (Wildman–Crippen MR) is 157 cm³/mol. The van der Waals surface area contributed by atoms with Crippen molar-refractivity contribution >= 4 is 46.2 Å². The zero-order chi connectivity index (χ0) is 29.3. The number of carbonyl (C=O) groups is 3. The zero-order valence-electron chi connectivity index (χ0n) is 23.8. The van der Waals surface area contributed by atoms with Crippen LogP contribution in [0.2, 0.25) is 5.02 Å². The van der Waals surface area contributed by atoms with Crippen LogP contribution in [0.25, 0.3) is 11.0 Å². The Hall–Kier alpha value is -3.09. The Labute approximate surface area is 248 Å². The molecule has 2 aromatic rings. The van der Waals surface area contributed by atoms with E-state index in [0.717, 1.165) is 69.6 Å². The molecule has 1 aromatic carbocycles. The van der Waals surface area contributed by atoms with Gasteiger partial charge in [-0.3, -0.25) is 33.8 Å². The number of nitrogens with zero attached hydrogens (tertiary/aromatic N) is 5. The van der Waals surface area contributed by atoms with E-state index in [1.165, 1.54) is 11.0 Å². The van der Waals surface area contributed by atoms with Crippen molar-refractivity contribution in [3.63, 3.8) is 0 Å². The predicted octanol–water partition coefficient (Wildman–Crippen LogP) is 1.74. The van der Waals surface area contributed by atoms with Crippen LogP contribution >= 0.6 is 11.6 Å². The molecule has 1 saturated carbocycles. The number of aryl methyl sites for hydroxylation is 1. The number of halogens is 1. The lowest BCUT2D eigenvalue weighted by molar-refractivity contribution is -0.135. The molecule has 1 unspecified atom stereocenters. The smallest absolute Gasteiger partial charge is 0.404 e. The molecule has 5 heterocycles. The topological polar surface area (TPSA) is 132 Å². The molecule has 3 amide bonds. The second-order valence-corrected chi connectivity index (χ2v) is 13.2. The minimum Gasteiger partial charge on any atom is -0.465 e. The van der Waals surface area contributed by atoms with Gasteiger partial charge in [0.25, 0.3) is 0 Å². The normalized spacial score (nSPS) is 30.6. The summed E-state index contributed by atoms with van der Waals surface area (Å²) in [6, 6.07) is 4.67. The van der Waals surface area contributed by atoms with Crippen LogP contribution in [0.1, 0.15) is 51.0 Å². The number of rotatable bonds is 6. The Balaban J connectivity index is 0.998. The van der Waals surface area contributed by atoms with Crippen LogP contribution in [-0.2, 0) is 16.6 Å². The van der Waals surface area contributed by atoms with Gasteiger partial charge in [-0.25, -0.2) is 9.59 Å². The summed E-state index contributed by atoms with van der Waals surface area (Å²) in [6.45, 7) is 4.97. The van der Waals surface area contributed by atoms with Gasteiger partial charge in [-0.15, -0.1) is 0 Å². The molecule has 7 rings (SSSR count). The lowest BCUT2D eigenvalue weighted by Crippen LogP contribution is -2.58. The van der Waals surface area contributed by atoms with Gasteiger partial charge in [-0.05, 0) is 56.6 Å². The Kier molecular flexibility index (Phi) is 6.98. The van der Waals surface area contributed by atoms with Crippen molar-refractivity contribution in [1.29, 1.82) is 0 Å². The monoisotopic (exact) mass is 599 g/mol. The number of piperidine rings is 2. The number of likely N-dealkylation sites (tertiary alicyclic amines) is 2. The summed E-state index contributed by atoms with van der Waals surface area (Å²) in [5, 5.41) is 14.5. The van der Waals surface area contributed by atoms with E-state index in [2.05, 4.69) is 25.3 Å². The third kappa shape index (κ3) is 4.67. The van der Waals surface area contributed by atoms with Gasteiger partial charge in [0.05, 0.1) is 21.7 Å². The van der Waals surface area contributed by atoms with Crippen LogP contribution in [0.15, 0.2) is 16.9 Å². The van der Waals surface area contributed by atoms with Gasteiger partial charge in [0.1, 0.15) is 6.04 Å². The second-order valence-electron chi connectivity index (χ2n) is 12.8.